The topological polar surface area (TPSA) is 89.7 Å². The van der Waals surface area contributed by atoms with Gasteiger partial charge < -0.3 is 24.5 Å². The Morgan fingerprint density at radius 2 is 2.12 bits per heavy atom. The average Bonchev–Trinajstić information content (AvgIpc) is 3.23. The fourth-order valence-corrected chi connectivity index (χ4v) is 3.39. The zero-order chi connectivity index (χ0) is 18.1. The minimum Gasteiger partial charge on any atom is -0.492 e. The summed E-state index contributed by atoms with van der Waals surface area (Å²) in [5.74, 6) is 1.90. The molecule has 0 radical (unpaired) electrons. The lowest BCUT2D eigenvalue weighted by molar-refractivity contribution is 0.0941. The van der Waals surface area contributed by atoms with E-state index in [9.17, 15) is 9.59 Å². The van der Waals surface area contributed by atoms with Crippen LogP contribution in [0.5, 0.6) is 17.2 Å². The number of nitrogens with one attached hydrogen (secondary N) is 2. The number of rotatable bonds is 5. The maximum atomic E-state index is 12.4. The number of fused-ring (bicyclic) bond motifs is 2. The molecule has 0 bridgehead atoms. The Balaban J connectivity index is 1.33. The number of hydrogen-bond donors (Lipinski definition) is 2. The minimum atomic E-state index is -0.223. The lowest BCUT2D eigenvalue weighted by atomic mass is 9.94. The second kappa shape index (κ2) is 6.74. The summed E-state index contributed by atoms with van der Waals surface area (Å²) < 4.78 is 16.2. The number of benzene rings is 1. The molecule has 136 valence electrons. The number of H-pyrrole nitrogens is 1. The lowest BCUT2D eigenvalue weighted by Crippen LogP contribution is -2.29. The van der Waals surface area contributed by atoms with Crippen LogP contribution in [-0.2, 0) is 6.42 Å². The third kappa shape index (κ3) is 3.00. The van der Waals surface area contributed by atoms with Gasteiger partial charge in [0.15, 0.2) is 17.3 Å². The predicted molar refractivity (Wildman–Crippen MR) is 93.2 cm³/mol. The van der Waals surface area contributed by atoms with Crippen molar-refractivity contribution in [2.24, 2.45) is 0 Å². The van der Waals surface area contributed by atoms with Crippen LogP contribution in [0.2, 0.25) is 0 Å². The number of ether oxygens (including phenoxy) is 3. The van der Waals surface area contributed by atoms with Crippen LogP contribution in [0.15, 0.2) is 18.2 Å². The Bertz CT molecular complexity index is 871. The molecule has 0 fully saturated rings. The maximum Gasteiger partial charge on any atom is 0.268 e. The number of amides is 1. The summed E-state index contributed by atoms with van der Waals surface area (Å²) in [6.45, 7) is 2.71. The van der Waals surface area contributed by atoms with Crippen LogP contribution in [0.3, 0.4) is 0 Å². The number of carbonyl (C=O) groups is 2. The van der Waals surface area contributed by atoms with E-state index < -0.39 is 0 Å². The van der Waals surface area contributed by atoms with E-state index in [1.165, 1.54) is 0 Å². The molecule has 26 heavy (non-hydrogen) atoms. The van der Waals surface area contributed by atoms with Crippen molar-refractivity contribution in [3.8, 4) is 17.2 Å². The van der Waals surface area contributed by atoms with Gasteiger partial charge in [-0.2, -0.15) is 0 Å². The summed E-state index contributed by atoms with van der Waals surface area (Å²) in [7, 11) is 0. The molecule has 0 spiro atoms. The zero-order valence-corrected chi connectivity index (χ0v) is 14.5. The van der Waals surface area contributed by atoms with Crippen LogP contribution in [0.25, 0.3) is 0 Å². The first-order valence-electron chi connectivity index (χ1n) is 8.69. The van der Waals surface area contributed by atoms with E-state index in [0.29, 0.717) is 48.1 Å². The molecule has 0 atom stereocenters. The maximum absolute atomic E-state index is 12.4. The zero-order valence-electron chi connectivity index (χ0n) is 14.5. The highest BCUT2D eigenvalue weighted by Crippen LogP contribution is 2.35. The summed E-state index contributed by atoms with van der Waals surface area (Å²) in [5.41, 5.74) is 2.77. The van der Waals surface area contributed by atoms with Crippen molar-refractivity contribution >= 4 is 11.7 Å². The van der Waals surface area contributed by atoms with E-state index in [4.69, 9.17) is 14.2 Å². The molecule has 0 saturated carbocycles. The van der Waals surface area contributed by atoms with Crippen molar-refractivity contribution < 1.29 is 23.8 Å². The molecular formula is C19H20N2O5. The van der Waals surface area contributed by atoms with Gasteiger partial charge in [0, 0.05) is 23.7 Å². The second-order valence-corrected chi connectivity index (χ2v) is 6.37. The fourth-order valence-electron chi connectivity index (χ4n) is 3.39. The molecular weight excluding hydrogens is 336 g/mol. The van der Waals surface area contributed by atoms with Gasteiger partial charge in [-0.05, 0) is 37.5 Å². The van der Waals surface area contributed by atoms with Gasteiger partial charge in [0.2, 0.25) is 6.79 Å². The van der Waals surface area contributed by atoms with Crippen LogP contribution >= 0.6 is 0 Å². The summed E-state index contributed by atoms with van der Waals surface area (Å²) in [6.07, 6.45) is 2.19. The van der Waals surface area contributed by atoms with Gasteiger partial charge in [-0.1, -0.05) is 0 Å². The van der Waals surface area contributed by atoms with Gasteiger partial charge in [-0.25, -0.2) is 0 Å². The SMILES string of the molecule is Cc1c(C(=O)NCCOc2ccc3c(c2)OCO3)[nH]c2c1C(=O)CCC2. The first-order chi connectivity index (χ1) is 12.6. The van der Waals surface area contributed by atoms with E-state index in [0.717, 1.165) is 24.1 Å². The molecule has 2 aliphatic rings. The normalized spacial score (nSPS) is 14.9. The van der Waals surface area contributed by atoms with E-state index in [2.05, 4.69) is 10.3 Å². The number of Topliss-reactive ketones (excluding diaryl/α,β-unsaturated/α-hetero) is 1. The molecule has 1 aliphatic heterocycles. The van der Waals surface area contributed by atoms with Crippen molar-refractivity contribution in [2.45, 2.75) is 26.2 Å². The molecule has 0 unspecified atom stereocenters. The molecule has 1 aromatic carbocycles. The molecule has 1 aromatic heterocycles. The van der Waals surface area contributed by atoms with Gasteiger partial charge >= 0.3 is 0 Å². The molecule has 2 N–H and O–H groups in total. The van der Waals surface area contributed by atoms with E-state index in [1.807, 2.05) is 6.92 Å². The summed E-state index contributed by atoms with van der Waals surface area (Å²) >= 11 is 0. The smallest absolute Gasteiger partial charge is 0.268 e. The summed E-state index contributed by atoms with van der Waals surface area (Å²) in [6, 6.07) is 5.35. The number of ketones is 1. The minimum absolute atomic E-state index is 0.116. The monoisotopic (exact) mass is 356 g/mol. The third-order valence-electron chi connectivity index (χ3n) is 4.66. The first kappa shape index (κ1) is 16.5. The molecule has 1 aliphatic carbocycles. The largest absolute Gasteiger partial charge is 0.492 e. The summed E-state index contributed by atoms with van der Waals surface area (Å²) in [5, 5.41) is 2.82. The van der Waals surface area contributed by atoms with E-state index >= 15 is 0 Å². The highest BCUT2D eigenvalue weighted by atomic mass is 16.7. The van der Waals surface area contributed by atoms with Crippen molar-refractivity contribution in [1.82, 2.24) is 10.3 Å². The highest BCUT2D eigenvalue weighted by Gasteiger charge is 2.26. The molecule has 7 nitrogen and oxygen atoms in total. The van der Waals surface area contributed by atoms with E-state index in [1.54, 1.807) is 18.2 Å². The highest BCUT2D eigenvalue weighted by molar-refractivity contribution is 6.04. The second-order valence-electron chi connectivity index (χ2n) is 6.37. The van der Waals surface area contributed by atoms with Gasteiger partial charge in [0.05, 0.1) is 6.54 Å². The number of aryl methyl sites for hydroxylation is 1. The van der Waals surface area contributed by atoms with Crippen molar-refractivity contribution in [3.63, 3.8) is 0 Å². The van der Waals surface area contributed by atoms with Crippen molar-refractivity contribution in [1.29, 1.82) is 0 Å². The number of hydrogen-bond acceptors (Lipinski definition) is 5. The van der Waals surface area contributed by atoms with E-state index in [-0.39, 0.29) is 18.5 Å². The third-order valence-corrected chi connectivity index (χ3v) is 4.66. The van der Waals surface area contributed by atoms with Crippen LogP contribution in [0.4, 0.5) is 0 Å². The van der Waals surface area contributed by atoms with Crippen LogP contribution in [-0.4, -0.2) is 36.6 Å². The quantitative estimate of drug-likeness (QED) is 0.803. The van der Waals surface area contributed by atoms with Gasteiger partial charge in [-0.3, -0.25) is 9.59 Å². The Labute approximate surface area is 150 Å². The van der Waals surface area contributed by atoms with Crippen LogP contribution in [0.1, 0.15) is 44.9 Å². The van der Waals surface area contributed by atoms with Crippen LogP contribution in [0, 0.1) is 6.92 Å². The van der Waals surface area contributed by atoms with Gasteiger partial charge in [-0.15, -0.1) is 0 Å². The fraction of sp³-hybridized carbons (Fsp3) is 0.368. The number of carbonyl (C=O) groups excluding carboxylic acids is 2. The molecule has 1 amide bonds. The predicted octanol–water partition coefficient (Wildman–Crippen LogP) is 2.38. The van der Waals surface area contributed by atoms with Crippen molar-refractivity contribution in [2.75, 3.05) is 19.9 Å². The van der Waals surface area contributed by atoms with Crippen molar-refractivity contribution in [3.05, 3.63) is 40.7 Å². The Kier molecular flexibility index (Phi) is 4.28. The molecule has 4 rings (SSSR count). The summed E-state index contributed by atoms with van der Waals surface area (Å²) in [4.78, 5) is 27.6. The number of aromatic nitrogens is 1. The van der Waals surface area contributed by atoms with Gasteiger partial charge in [0.25, 0.3) is 5.91 Å². The molecule has 2 aromatic rings. The Hall–Kier alpha value is -2.96. The van der Waals surface area contributed by atoms with Crippen LogP contribution < -0.4 is 19.5 Å². The Morgan fingerprint density at radius 3 is 2.96 bits per heavy atom. The number of aromatic amines is 1. The van der Waals surface area contributed by atoms with Gasteiger partial charge in [0.1, 0.15) is 18.1 Å². The molecule has 2 heterocycles. The first-order valence-corrected chi connectivity index (χ1v) is 8.69. The lowest BCUT2D eigenvalue weighted by Gasteiger charge is -2.09. The molecule has 7 heteroatoms. The average molecular weight is 356 g/mol. The molecule has 0 saturated heterocycles. The Morgan fingerprint density at radius 1 is 1.27 bits per heavy atom. The standard InChI is InChI=1S/C19H20N2O5/c1-11-17-13(3-2-4-14(17)22)21-18(11)19(23)20-7-8-24-12-5-6-15-16(9-12)26-10-25-15/h5-6,9,21H,2-4,7-8,10H2,1H3,(H,20,23).